The quantitative estimate of drug-likeness (QED) is 0.211. The molecule has 0 atom stereocenters. The molecule has 124 valence electrons. The Labute approximate surface area is 134 Å². The first-order valence-electron chi connectivity index (χ1n) is 7.57. The Hall–Kier alpha value is -0.219. The Bertz CT molecular complexity index is 353. The van der Waals surface area contributed by atoms with Gasteiger partial charge in [0, 0.05) is 10.2 Å². The summed E-state index contributed by atoms with van der Waals surface area (Å²) >= 11 is 0. The minimum Gasteiger partial charge on any atom is -0.462 e. The highest BCUT2D eigenvalue weighted by Gasteiger charge is 2.42. The topological polar surface area (TPSA) is 44.8 Å². The molecular formula is C14H32O4Si3. The molecule has 21 heavy (non-hydrogen) atoms. The van der Waals surface area contributed by atoms with Crippen molar-refractivity contribution in [2.24, 2.45) is 0 Å². The van der Waals surface area contributed by atoms with E-state index in [1.54, 1.807) is 6.92 Å². The molecule has 0 aromatic rings. The van der Waals surface area contributed by atoms with E-state index in [-0.39, 0.29) is 5.57 Å². The molecule has 0 aliphatic rings. The lowest BCUT2D eigenvalue weighted by atomic mass is 10.1. The molecule has 0 radical (unpaired) electrons. The van der Waals surface area contributed by atoms with E-state index in [0.29, 0.717) is 6.61 Å². The zero-order valence-electron chi connectivity index (χ0n) is 15.0. The molecule has 0 heterocycles. The second kappa shape index (κ2) is 7.87. The lowest BCUT2D eigenvalue weighted by Gasteiger charge is -2.40. The number of carbonyl (C=O) groups is 1. The summed E-state index contributed by atoms with van der Waals surface area (Å²) in [6.45, 7) is 18.5. The van der Waals surface area contributed by atoms with Crippen molar-refractivity contribution in [1.82, 2.24) is 0 Å². The van der Waals surface area contributed by atoms with Gasteiger partial charge < -0.3 is 13.6 Å². The van der Waals surface area contributed by atoms with E-state index in [4.69, 9.17) is 13.6 Å². The van der Waals surface area contributed by atoms with Crippen molar-refractivity contribution in [1.29, 1.82) is 0 Å². The summed E-state index contributed by atoms with van der Waals surface area (Å²) in [5, 5.41) is 0. The normalized spacial score (nSPS) is 13.3. The highest BCUT2D eigenvalue weighted by Crippen LogP contribution is 2.30. The summed E-state index contributed by atoms with van der Waals surface area (Å²) in [6, 6.07) is 1.12. The molecule has 0 saturated carbocycles. The first kappa shape index (κ1) is 20.8. The fraction of sp³-hybridized carbons (Fsp3) is 0.786. The van der Waals surface area contributed by atoms with Gasteiger partial charge in [0.1, 0.15) is 0 Å². The lowest BCUT2D eigenvalue weighted by molar-refractivity contribution is -0.147. The fourth-order valence-electron chi connectivity index (χ4n) is 1.89. The van der Waals surface area contributed by atoms with E-state index in [2.05, 4.69) is 45.9 Å². The Morgan fingerprint density at radius 2 is 1.52 bits per heavy atom. The van der Waals surface area contributed by atoms with Crippen molar-refractivity contribution in [3.63, 3.8) is 0 Å². The Kier molecular flexibility index (Phi) is 7.78. The maximum Gasteiger partial charge on any atom is 0.338 e. The van der Waals surface area contributed by atoms with E-state index in [1.165, 1.54) is 0 Å². The number of ether oxygens (including phenoxy) is 1. The summed E-state index contributed by atoms with van der Waals surface area (Å²) in [4.78, 5) is 12.2. The van der Waals surface area contributed by atoms with Crippen LogP contribution in [0.1, 0.15) is 13.3 Å². The molecule has 0 aromatic carbocycles. The number of esters is 1. The Morgan fingerprint density at radius 3 is 1.86 bits per heavy atom. The largest absolute Gasteiger partial charge is 0.462 e. The van der Waals surface area contributed by atoms with Crippen molar-refractivity contribution < 1.29 is 18.4 Å². The van der Waals surface area contributed by atoms with Crippen LogP contribution in [0, 0.1) is 0 Å². The molecule has 0 aliphatic carbocycles. The predicted octanol–water partition coefficient (Wildman–Crippen LogP) is 2.68. The van der Waals surface area contributed by atoms with Crippen LogP contribution in [0.4, 0.5) is 0 Å². The molecule has 0 bridgehead atoms. The van der Waals surface area contributed by atoms with Gasteiger partial charge in [-0.1, -0.05) is 12.6 Å². The minimum absolute atomic E-state index is 0.265. The van der Waals surface area contributed by atoms with E-state index in [1.807, 2.05) is 0 Å². The first-order chi connectivity index (χ1) is 9.31. The number of carbonyl (C=O) groups excluding carboxylic acids is 1. The van der Waals surface area contributed by atoms with Gasteiger partial charge in [0.2, 0.25) is 0 Å². The van der Waals surface area contributed by atoms with E-state index in [9.17, 15) is 4.79 Å². The van der Waals surface area contributed by atoms with Crippen molar-refractivity contribution in [2.45, 2.75) is 64.5 Å². The van der Waals surface area contributed by atoms with E-state index in [0.717, 1.165) is 22.7 Å². The van der Waals surface area contributed by atoms with Gasteiger partial charge in [-0.05, 0) is 52.6 Å². The van der Waals surface area contributed by atoms with Crippen molar-refractivity contribution in [3.05, 3.63) is 12.2 Å². The zero-order valence-corrected chi connectivity index (χ0v) is 19.0. The molecule has 7 heteroatoms. The molecule has 0 saturated heterocycles. The molecule has 0 aliphatic heterocycles. The van der Waals surface area contributed by atoms with Gasteiger partial charge in [0.25, 0.3) is 0 Å². The second-order valence-electron chi connectivity index (χ2n) is 7.34. The Morgan fingerprint density at radius 1 is 1.10 bits per heavy atom. The van der Waals surface area contributed by atoms with Gasteiger partial charge in [-0.25, -0.2) is 4.79 Å². The third-order valence-corrected chi connectivity index (χ3v) is 5.24. The van der Waals surface area contributed by atoms with Gasteiger partial charge in [0.05, 0.1) is 12.2 Å². The monoisotopic (exact) mass is 348 g/mol. The smallest absolute Gasteiger partial charge is 0.338 e. The average Bonchev–Trinajstić information content (AvgIpc) is 2.22. The summed E-state index contributed by atoms with van der Waals surface area (Å²) in [7, 11) is -2.69. The SMILES string of the molecule is C=C(C(=O)OCCC[SiH3])C(C)(O[Si](C)(C)C)O[Si](C)(C)C. The summed E-state index contributed by atoms with van der Waals surface area (Å²) in [6.07, 6.45) is 0.908. The van der Waals surface area contributed by atoms with Crippen LogP contribution in [-0.2, 0) is 18.4 Å². The van der Waals surface area contributed by atoms with Crippen LogP contribution in [0.3, 0.4) is 0 Å². The summed E-state index contributed by atoms with van der Waals surface area (Å²) < 4.78 is 17.6. The van der Waals surface area contributed by atoms with Crippen LogP contribution >= 0.6 is 0 Å². The van der Waals surface area contributed by atoms with Gasteiger partial charge in [-0.15, -0.1) is 0 Å². The number of hydrogen-bond donors (Lipinski definition) is 0. The van der Waals surface area contributed by atoms with Crippen molar-refractivity contribution in [3.8, 4) is 0 Å². The molecule has 0 fully saturated rings. The van der Waals surface area contributed by atoms with E-state index < -0.39 is 28.4 Å². The van der Waals surface area contributed by atoms with Crippen molar-refractivity contribution in [2.75, 3.05) is 6.61 Å². The minimum atomic E-state index is -1.91. The summed E-state index contributed by atoms with van der Waals surface area (Å²) in [5.41, 5.74) is 0.265. The van der Waals surface area contributed by atoms with E-state index >= 15 is 0 Å². The summed E-state index contributed by atoms with van der Waals surface area (Å²) in [5.74, 6) is -1.50. The molecule has 0 unspecified atom stereocenters. The molecule has 0 N–H and O–H groups in total. The molecule has 0 aromatic heterocycles. The van der Waals surface area contributed by atoms with Crippen LogP contribution in [0.15, 0.2) is 12.2 Å². The lowest BCUT2D eigenvalue weighted by Crippen LogP contribution is -2.50. The fourth-order valence-corrected chi connectivity index (χ4v) is 4.93. The first-order valence-corrected chi connectivity index (χ1v) is 15.8. The second-order valence-corrected chi connectivity index (χ2v) is 17.2. The molecule has 0 spiro atoms. The van der Waals surface area contributed by atoms with Crippen LogP contribution in [0.2, 0.25) is 45.3 Å². The highest BCUT2D eigenvalue weighted by molar-refractivity contribution is 6.71. The average molecular weight is 349 g/mol. The van der Waals surface area contributed by atoms with Crippen LogP contribution < -0.4 is 0 Å². The third-order valence-electron chi connectivity index (χ3n) is 2.53. The molecule has 4 nitrogen and oxygen atoms in total. The van der Waals surface area contributed by atoms with Gasteiger partial charge in [0.15, 0.2) is 22.4 Å². The van der Waals surface area contributed by atoms with Gasteiger partial charge >= 0.3 is 5.97 Å². The van der Waals surface area contributed by atoms with Crippen LogP contribution in [-0.4, -0.2) is 45.2 Å². The zero-order chi connectivity index (χ0) is 16.9. The molecule has 0 amide bonds. The Balaban J connectivity index is 5.11. The van der Waals surface area contributed by atoms with Crippen LogP contribution in [0.25, 0.3) is 0 Å². The van der Waals surface area contributed by atoms with Gasteiger partial charge in [-0.3, -0.25) is 0 Å². The third kappa shape index (κ3) is 8.72. The van der Waals surface area contributed by atoms with Crippen molar-refractivity contribution >= 4 is 32.8 Å². The maximum absolute atomic E-state index is 12.2. The molecular weight excluding hydrogens is 316 g/mol. The van der Waals surface area contributed by atoms with Gasteiger partial charge in [-0.2, -0.15) is 0 Å². The highest BCUT2D eigenvalue weighted by atomic mass is 28.4. The standard InChI is InChI=1S/C14H32O4Si3/c1-12(13(15)16-10-9-11-19)14(2,17-20(3,4)5)18-21(6,7)8/h1,9-11H2,2-8,19H3. The molecule has 0 rings (SSSR count). The number of hydrogen-bond acceptors (Lipinski definition) is 4. The maximum atomic E-state index is 12.2. The number of rotatable bonds is 9. The van der Waals surface area contributed by atoms with Crippen LogP contribution in [0.5, 0.6) is 0 Å². The predicted molar refractivity (Wildman–Crippen MR) is 96.7 cm³/mol.